The maximum absolute atomic E-state index is 11.6. The van der Waals surface area contributed by atoms with E-state index in [9.17, 15) is 9.59 Å². The molecule has 2 N–H and O–H groups in total. The number of amides is 2. The number of hydrogen-bond acceptors (Lipinski definition) is 2. The highest BCUT2D eigenvalue weighted by atomic mass is 16.4. The number of carboxylic acid groups (broad SMARTS) is 1. The first-order chi connectivity index (χ1) is 8.52. The first-order valence-corrected chi connectivity index (χ1v) is 5.85. The van der Waals surface area contributed by atoms with Crippen LogP contribution in [-0.4, -0.2) is 35.6 Å². The Balaban J connectivity index is 2.55. The topological polar surface area (TPSA) is 69.6 Å². The third kappa shape index (κ3) is 4.45. The zero-order valence-electron chi connectivity index (χ0n) is 10.6. The molecule has 0 bridgehead atoms. The van der Waals surface area contributed by atoms with Gasteiger partial charge in [-0.05, 0) is 31.0 Å². The summed E-state index contributed by atoms with van der Waals surface area (Å²) in [5.41, 5.74) is 1.65. The number of carboxylic acids is 1. The summed E-state index contributed by atoms with van der Waals surface area (Å²) in [6.07, 6.45) is 0.614. The predicted octanol–water partition coefficient (Wildman–Crippen LogP) is 2.19. The molecule has 0 aliphatic carbocycles. The molecule has 0 saturated carbocycles. The van der Waals surface area contributed by atoms with Gasteiger partial charge in [0.05, 0.1) is 0 Å². The van der Waals surface area contributed by atoms with E-state index in [2.05, 4.69) is 5.32 Å². The van der Waals surface area contributed by atoms with Gasteiger partial charge in [0.2, 0.25) is 0 Å². The maximum Gasteiger partial charge on any atom is 0.321 e. The van der Waals surface area contributed by atoms with Crippen LogP contribution in [0.15, 0.2) is 24.3 Å². The standard InChI is InChI=1S/C13H18N2O3/c1-3-15(2)13(18)14-11-7-4-10(5-8-11)6-9-12(16)17/h4-5,7-8H,3,6,9H2,1-2H3,(H,14,18)(H,16,17). The number of rotatable bonds is 5. The monoisotopic (exact) mass is 250 g/mol. The third-order valence-electron chi connectivity index (χ3n) is 2.65. The third-order valence-corrected chi connectivity index (χ3v) is 2.65. The molecule has 0 fully saturated rings. The first kappa shape index (κ1) is 14.0. The molecule has 98 valence electrons. The molecule has 0 saturated heterocycles. The van der Waals surface area contributed by atoms with E-state index in [1.54, 1.807) is 24.1 Å². The van der Waals surface area contributed by atoms with Crippen LogP contribution >= 0.6 is 0 Å². The van der Waals surface area contributed by atoms with Crippen molar-refractivity contribution in [3.63, 3.8) is 0 Å². The second-order valence-corrected chi connectivity index (χ2v) is 4.03. The van der Waals surface area contributed by atoms with Crippen molar-refractivity contribution < 1.29 is 14.7 Å². The van der Waals surface area contributed by atoms with Crippen LogP contribution in [0.4, 0.5) is 10.5 Å². The van der Waals surface area contributed by atoms with Gasteiger partial charge in [0.15, 0.2) is 0 Å². The van der Waals surface area contributed by atoms with Gasteiger partial charge in [0.1, 0.15) is 0 Å². The molecule has 1 aromatic carbocycles. The number of aryl methyl sites for hydroxylation is 1. The molecule has 0 heterocycles. The smallest absolute Gasteiger partial charge is 0.321 e. The highest BCUT2D eigenvalue weighted by Crippen LogP contribution is 2.11. The minimum atomic E-state index is -0.808. The number of benzene rings is 1. The number of carbonyl (C=O) groups is 2. The molecule has 0 radical (unpaired) electrons. The lowest BCUT2D eigenvalue weighted by Crippen LogP contribution is -2.30. The molecule has 5 nitrogen and oxygen atoms in total. The van der Waals surface area contributed by atoms with Gasteiger partial charge in [-0.15, -0.1) is 0 Å². The largest absolute Gasteiger partial charge is 0.481 e. The zero-order valence-corrected chi connectivity index (χ0v) is 10.6. The second kappa shape index (κ2) is 6.64. The minimum Gasteiger partial charge on any atom is -0.481 e. The summed E-state index contributed by atoms with van der Waals surface area (Å²) in [5, 5.41) is 11.3. The van der Waals surface area contributed by atoms with Crippen LogP contribution in [0.2, 0.25) is 0 Å². The summed E-state index contributed by atoms with van der Waals surface area (Å²) >= 11 is 0. The number of hydrogen-bond donors (Lipinski definition) is 2. The van der Waals surface area contributed by atoms with E-state index >= 15 is 0 Å². The number of carbonyl (C=O) groups excluding carboxylic acids is 1. The van der Waals surface area contributed by atoms with E-state index in [4.69, 9.17) is 5.11 Å². The molecule has 2 amide bonds. The second-order valence-electron chi connectivity index (χ2n) is 4.03. The summed E-state index contributed by atoms with van der Waals surface area (Å²) in [6.45, 7) is 2.54. The van der Waals surface area contributed by atoms with Crippen LogP contribution < -0.4 is 5.32 Å². The molecule has 5 heteroatoms. The molecule has 0 atom stereocenters. The number of urea groups is 1. The predicted molar refractivity (Wildman–Crippen MR) is 69.7 cm³/mol. The van der Waals surface area contributed by atoms with Crippen LogP contribution in [0, 0.1) is 0 Å². The minimum absolute atomic E-state index is 0.115. The summed E-state index contributed by atoms with van der Waals surface area (Å²) in [4.78, 5) is 23.6. The molecule has 18 heavy (non-hydrogen) atoms. The zero-order chi connectivity index (χ0) is 13.5. The normalized spacial score (nSPS) is 9.89. The Morgan fingerprint density at radius 3 is 2.39 bits per heavy atom. The quantitative estimate of drug-likeness (QED) is 0.841. The van der Waals surface area contributed by atoms with Crippen molar-refractivity contribution in [3.05, 3.63) is 29.8 Å². The number of nitrogens with zero attached hydrogens (tertiary/aromatic N) is 1. The molecular formula is C13H18N2O3. The van der Waals surface area contributed by atoms with E-state index in [0.29, 0.717) is 18.7 Å². The lowest BCUT2D eigenvalue weighted by atomic mass is 10.1. The fourth-order valence-corrected chi connectivity index (χ4v) is 1.37. The van der Waals surface area contributed by atoms with Crippen molar-refractivity contribution in [2.45, 2.75) is 19.8 Å². The Labute approximate surface area is 106 Å². The van der Waals surface area contributed by atoms with Gasteiger partial charge < -0.3 is 15.3 Å². The highest BCUT2D eigenvalue weighted by Gasteiger charge is 2.06. The molecule has 1 rings (SSSR count). The molecule has 0 aromatic heterocycles. The Kier molecular flexibility index (Phi) is 5.17. The van der Waals surface area contributed by atoms with Gasteiger partial charge in [-0.2, -0.15) is 0 Å². The molecule has 0 aliphatic heterocycles. The van der Waals surface area contributed by atoms with Crippen molar-refractivity contribution in [2.75, 3.05) is 18.9 Å². The molecule has 0 aliphatic rings. The van der Waals surface area contributed by atoms with E-state index in [-0.39, 0.29) is 12.5 Å². The van der Waals surface area contributed by atoms with Gasteiger partial charge >= 0.3 is 12.0 Å². The van der Waals surface area contributed by atoms with E-state index in [0.717, 1.165) is 5.56 Å². The van der Waals surface area contributed by atoms with E-state index < -0.39 is 5.97 Å². The van der Waals surface area contributed by atoms with Crippen molar-refractivity contribution in [2.24, 2.45) is 0 Å². The summed E-state index contributed by atoms with van der Waals surface area (Å²) < 4.78 is 0. The van der Waals surface area contributed by atoms with E-state index in [1.165, 1.54) is 0 Å². The summed E-state index contributed by atoms with van der Waals surface area (Å²) in [6, 6.07) is 7.04. The summed E-state index contributed by atoms with van der Waals surface area (Å²) in [5.74, 6) is -0.808. The lowest BCUT2D eigenvalue weighted by molar-refractivity contribution is -0.136. The Hall–Kier alpha value is -2.04. The average molecular weight is 250 g/mol. The Morgan fingerprint density at radius 1 is 1.28 bits per heavy atom. The Morgan fingerprint density at radius 2 is 1.89 bits per heavy atom. The van der Waals surface area contributed by atoms with Crippen LogP contribution in [0.25, 0.3) is 0 Å². The first-order valence-electron chi connectivity index (χ1n) is 5.85. The number of anilines is 1. The molecule has 0 spiro atoms. The van der Waals surface area contributed by atoms with Crippen molar-refractivity contribution >= 4 is 17.7 Å². The van der Waals surface area contributed by atoms with Crippen LogP contribution in [0.5, 0.6) is 0 Å². The Bertz CT molecular complexity index is 415. The van der Waals surface area contributed by atoms with Crippen LogP contribution in [0.1, 0.15) is 18.9 Å². The lowest BCUT2D eigenvalue weighted by Gasteiger charge is -2.15. The molecule has 1 aromatic rings. The van der Waals surface area contributed by atoms with Gasteiger partial charge in [-0.25, -0.2) is 4.79 Å². The summed E-state index contributed by atoms with van der Waals surface area (Å²) in [7, 11) is 1.72. The average Bonchev–Trinajstić information content (AvgIpc) is 2.36. The van der Waals surface area contributed by atoms with Crippen LogP contribution in [-0.2, 0) is 11.2 Å². The fourth-order valence-electron chi connectivity index (χ4n) is 1.37. The van der Waals surface area contributed by atoms with Crippen molar-refractivity contribution in [3.8, 4) is 0 Å². The fraction of sp³-hybridized carbons (Fsp3) is 0.385. The molecule has 0 unspecified atom stereocenters. The van der Waals surface area contributed by atoms with Gasteiger partial charge in [0, 0.05) is 25.7 Å². The van der Waals surface area contributed by atoms with Crippen molar-refractivity contribution in [1.82, 2.24) is 4.90 Å². The number of nitrogens with one attached hydrogen (secondary N) is 1. The maximum atomic E-state index is 11.6. The van der Waals surface area contributed by atoms with Gasteiger partial charge in [0.25, 0.3) is 0 Å². The van der Waals surface area contributed by atoms with Gasteiger partial charge in [-0.1, -0.05) is 12.1 Å². The van der Waals surface area contributed by atoms with E-state index in [1.807, 2.05) is 19.1 Å². The van der Waals surface area contributed by atoms with Crippen LogP contribution in [0.3, 0.4) is 0 Å². The highest BCUT2D eigenvalue weighted by molar-refractivity contribution is 5.89. The number of aliphatic carboxylic acids is 1. The van der Waals surface area contributed by atoms with Crippen molar-refractivity contribution in [1.29, 1.82) is 0 Å². The SMILES string of the molecule is CCN(C)C(=O)Nc1ccc(CCC(=O)O)cc1. The molecular weight excluding hydrogens is 232 g/mol. The van der Waals surface area contributed by atoms with Gasteiger partial charge in [-0.3, -0.25) is 4.79 Å².